The van der Waals surface area contributed by atoms with Crippen LogP contribution in [-0.2, 0) is 6.54 Å². The monoisotopic (exact) mass is 272 g/mol. The summed E-state index contributed by atoms with van der Waals surface area (Å²) in [7, 11) is 0. The molecule has 1 aromatic rings. The first-order chi connectivity index (χ1) is 9.92. The van der Waals surface area contributed by atoms with Crippen LogP contribution in [0.4, 0.5) is 5.69 Å². The van der Waals surface area contributed by atoms with Crippen LogP contribution in [0.3, 0.4) is 0 Å². The van der Waals surface area contributed by atoms with Gasteiger partial charge in [0.2, 0.25) is 0 Å². The first kappa shape index (κ1) is 13.9. The number of hydrogen-bond acceptors (Lipinski definition) is 2. The van der Waals surface area contributed by atoms with E-state index < -0.39 is 0 Å². The van der Waals surface area contributed by atoms with Crippen LogP contribution in [0.2, 0.25) is 0 Å². The number of anilines is 1. The summed E-state index contributed by atoms with van der Waals surface area (Å²) < 4.78 is 0. The zero-order valence-electron chi connectivity index (χ0n) is 12.6. The third-order valence-electron chi connectivity index (χ3n) is 4.86. The second-order valence-corrected chi connectivity index (χ2v) is 6.43. The minimum atomic E-state index is 0.746. The van der Waals surface area contributed by atoms with Gasteiger partial charge >= 0.3 is 0 Å². The molecule has 1 saturated heterocycles. The van der Waals surface area contributed by atoms with E-state index >= 15 is 0 Å². The molecule has 0 unspecified atom stereocenters. The van der Waals surface area contributed by atoms with Crippen molar-refractivity contribution in [1.29, 1.82) is 0 Å². The Labute approximate surface area is 123 Å². The minimum absolute atomic E-state index is 0.746. The molecule has 20 heavy (non-hydrogen) atoms. The van der Waals surface area contributed by atoms with E-state index in [0.29, 0.717) is 0 Å². The Balaban J connectivity index is 1.49. The predicted octanol–water partition coefficient (Wildman–Crippen LogP) is 4.10. The summed E-state index contributed by atoms with van der Waals surface area (Å²) >= 11 is 0. The molecular formula is C18H28N2. The second kappa shape index (κ2) is 7.12. The first-order valence-electron chi connectivity index (χ1n) is 8.49. The second-order valence-electron chi connectivity index (χ2n) is 6.43. The molecule has 2 aliphatic rings. The number of rotatable bonds is 4. The van der Waals surface area contributed by atoms with E-state index in [1.807, 2.05) is 0 Å². The summed E-state index contributed by atoms with van der Waals surface area (Å²) in [6, 6.07) is 9.95. The third-order valence-corrected chi connectivity index (χ3v) is 4.86. The quantitative estimate of drug-likeness (QED) is 0.830. The maximum atomic E-state index is 3.75. The maximum absolute atomic E-state index is 3.75. The fraction of sp³-hybridized carbons (Fsp3) is 0.667. The summed E-state index contributed by atoms with van der Waals surface area (Å²) in [5.41, 5.74) is 2.83. The van der Waals surface area contributed by atoms with Gasteiger partial charge in [-0.2, -0.15) is 0 Å². The number of nitrogens with zero attached hydrogens (tertiary/aromatic N) is 1. The Morgan fingerprint density at radius 1 is 0.850 bits per heavy atom. The number of hydrogen-bond donors (Lipinski definition) is 1. The van der Waals surface area contributed by atoms with Gasteiger partial charge in [-0.3, -0.25) is 0 Å². The average molecular weight is 272 g/mol. The van der Waals surface area contributed by atoms with Crippen molar-refractivity contribution in [3.63, 3.8) is 0 Å². The van der Waals surface area contributed by atoms with Crippen LogP contribution in [0.1, 0.15) is 56.9 Å². The lowest BCUT2D eigenvalue weighted by atomic mass is 10.1. The minimum Gasteiger partial charge on any atom is -0.372 e. The predicted molar refractivity (Wildman–Crippen MR) is 86.2 cm³/mol. The van der Waals surface area contributed by atoms with Crippen LogP contribution in [0.25, 0.3) is 0 Å². The van der Waals surface area contributed by atoms with Crippen LogP contribution < -0.4 is 10.2 Å². The van der Waals surface area contributed by atoms with Gasteiger partial charge in [0, 0.05) is 31.4 Å². The van der Waals surface area contributed by atoms with E-state index in [2.05, 4.69) is 34.5 Å². The van der Waals surface area contributed by atoms with Crippen molar-refractivity contribution in [2.45, 2.75) is 64.0 Å². The Kier molecular flexibility index (Phi) is 4.96. The molecule has 0 bridgehead atoms. The molecule has 1 aromatic carbocycles. The number of nitrogens with one attached hydrogen (secondary N) is 1. The SMILES string of the molecule is c1cc(N2CCCC2)ccc1CNC1CCCCCC1. The van der Waals surface area contributed by atoms with E-state index in [1.54, 1.807) is 0 Å². The fourth-order valence-electron chi connectivity index (χ4n) is 3.55. The van der Waals surface area contributed by atoms with Crippen molar-refractivity contribution in [2.24, 2.45) is 0 Å². The molecule has 3 rings (SSSR count). The van der Waals surface area contributed by atoms with Gasteiger partial charge in [-0.05, 0) is 43.4 Å². The molecular weight excluding hydrogens is 244 g/mol. The summed E-state index contributed by atoms with van der Waals surface area (Å²) in [5.74, 6) is 0. The zero-order chi connectivity index (χ0) is 13.6. The van der Waals surface area contributed by atoms with Gasteiger partial charge in [-0.15, -0.1) is 0 Å². The molecule has 0 aromatic heterocycles. The van der Waals surface area contributed by atoms with E-state index in [-0.39, 0.29) is 0 Å². The van der Waals surface area contributed by atoms with Gasteiger partial charge in [-0.1, -0.05) is 37.8 Å². The van der Waals surface area contributed by atoms with Crippen molar-refractivity contribution < 1.29 is 0 Å². The maximum Gasteiger partial charge on any atom is 0.0366 e. The summed E-state index contributed by atoms with van der Waals surface area (Å²) in [6.45, 7) is 3.50. The van der Waals surface area contributed by atoms with Crippen LogP contribution in [-0.4, -0.2) is 19.1 Å². The third kappa shape index (κ3) is 3.76. The van der Waals surface area contributed by atoms with E-state index in [0.717, 1.165) is 12.6 Å². The highest BCUT2D eigenvalue weighted by atomic mass is 15.1. The summed E-state index contributed by atoms with van der Waals surface area (Å²) in [4.78, 5) is 2.50. The molecule has 2 fully saturated rings. The molecule has 0 atom stereocenters. The molecule has 0 spiro atoms. The van der Waals surface area contributed by atoms with Crippen LogP contribution >= 0.6 is 0 Å². The summed E-state index contributed by atoms with van der Waals surface area (Å²) in [5, 5.41) is 3.75. The topological polar surface area (TPSA) is 15.3 Å². The smallest absolute Gasteiger partial charge is 0.0366 e. The Bertz CT molecular complexity index is 384. The van der Waals surface area contributed by atoms with Crippen LogP contribution in [0.5, 0.6) is 0 Å². The van der Waals surface area contributed by atoms with Gasteiger partial charge < -0.3 is 10.2 Å². The average Bonchev–Trinajstić information content (AvgIpc) is 2.90. The zero-order valence-corrected chi connectivity index (χ0v) is 12.6. The Morgan fingerprint density at radius 3 is 2.15 bits per heavy atom. The van der Waals surface area contributed by atoms with Crippen molar-refractivity contribution in [3.05, 3.63) is 29.8 Å². The lowest BCUT2D eigenvalue weighted by Gasteiger charge is -2.19. The van der Waals surface area contributed by atoms with Gasteiger partial charge in [0.05, 0.1) is 0 Å². The van der Waals surface area contributed by atoms with E-state index in [1.165, 1.54) is 75.7 Å². The van der Waals surface area contributed by atoms with Crippen molar-refractivity contribution in [1.82, 2.24) is 5.32 Å². The fourth-order valence-corrected chi connectivity index (χ4v) is 3.55. The normalized spacial score (nSPS) is 21.1. The van der Waals surface area contributed by atoms with Crippen LogP contribution in [0.15, 0.2) is 24.3 Å². The molecule has 1 heterocycles. The highest BCUT2D eigenvalue weighted by molar-refractivity contribution is 5.48. The highest BCUT2D eigenvalue weighted by Crippen LogP contribution is 2.21. The summed E-state index contributed by atoms with van der Waals surface area (Å²) in [6.07, 6.45) is 11.1. The molecule has 2 heteroatoms. The van der Waals surface area contributed by atoms with Crippen molar-refractivity contribution >= 4 is 5.69 Å². The largest absolute Gasteiger partial charge is 0.372 e. The lowest BCUT2D eigenvalue weighted by molar-refractivity contribution is 0.459. The standard InChI is InChI=1S/C18H28N2/c1-2-4-8-17(7-3-1)19-15-16-9-11-18(12-10-16)20-13-5-6-14-20/h9-12,17,19H,1-8,13-15H2. The lowest BCUT2D eigenvalue weighted by Crippen LogP contribution is -2.27. The highest BCUT2D eigenvalue weighted by Gasteiger charge is 2.13. The molecule has 2 nitrogen and oxygen atoms in total. The number of benzene rings is 1. The van der Waals surface area contributed by atoms with E-state index in [9.17, 15) is 0 Å². The molecule has 110 valence electrons. The van der Waals surface area contributed by atoms with Crippen LogP contribution in [0, 0.1) is 0 Å². The molecule has 0 radical (unpaired) electrons. The van der Waals surface area contributed by atoms with Crippen molar-refractivity contribution in [3.8, 4) is 0 Å². The Morgan fingerprint density at radius 2 is 1.50 bits per heavy atom. The first-order valence-corrected chi connectivity index (χ1v) is 8.49. The molecule has 1 aliphatic heterocycles. The van der Waals surface area contributed by atoms with Crippen molar-refractivity contribution in [2.75, 3.05) is 18.0 Å². The molecule has 0 amide bonds. The van der Waals surface area contributed by atoms with Gasteiger partial charge in [-0.25, -0.2) is 0 Å². The Hall–Kier alpha value is -1.02. The van der Waals surface area contributed by atoms with E-state index in [4.69, 9.17) is 0 Å². The van der Waals surface area contributed by atoms with Gasteiger partial charge in [0.15, 0.2) is 0 Å². The van der Waals surface area contributed by atoms with Gasteiger partial charge in [0.25, 0.3) is 0 Å². The molecule has 1 saturated carbocycles. The molecule has 1 N–H and O–H groups in total. The molecule has 1 aliphatic carbocycles. The van der Waals surface area contributed by atoms with Gasteiger partial charge in [0.1, 0.15) is 0 Å².